The Kier molecular flexibility index (Phi) is 4.62. The summed E-state index contributed by atoms with van der Waals surface area (Å²) in [7, 11) is 0. The molecule has 0 aliphatic carbocycles. The zero-order chi connectivity index (χ0) is 18.0. The molecule has 2 saturated heterocycles. The highest BCUT2D eigenvalue weighted by molar-refractivity contribution is 5.77. The minimum atomic E-state index is -0.266. The number of carbonyl (C=O) groups is 1. The van der Waals surface area contributed by atoms with Gasteiger partial charge in [-0.2, -0.15) is 0 Å². The van der Waals surface area contributed by atoms with Crippen LogP contribution in [0.25, 0.3) is 0 Å². The van der Waals surface area contributed by atoms with Crippen molar-refractivity contribution in [3.05, 3.63) is 60.0 Å². The van der Waals surface area contributed by atoms with Crippen LogP contribution in [-0.4, -0.2) is 35.4 Å². The standard InChI is InChI=1S/C21H24FN3O/c22-18-8-4-12-23-20(18)24-13-5-10-21(15-24)11-9-19(26)25(16-21)14-17-6-2-1-3-7-17/h1-4,6-8,12H,5,9-11,13-16H2. The Balaban J connectivity index is 1.52. The minimum Gasteiger partial charge on any atom is -0.354 e. The maximum Gasteiger partial charge on any atom is 0.222 e. The third-order valence-electron chi connectivity index (χ3n) is 5.66. The summed E-state index contributed by atoms with van der Waals surface area (Å²) >= 11 is 0. The number of nitrogens with zero attached hydrogens (tertiary/aromatic N) is 3. The van der Waals surface area contributed by atoms with Crippen molar-refractivity contribution >= 4 is 11.7 Å². The fourth-order valence-corrected chi connectivity index (χ4v) is 4.38. The molecule has 1 unspecified atom stereocenters. The van der Waals surface area contributed by atoms with Gasteiger partial charge in [-0.15, -0.1) is 0 Å². The van der Waals surface area contributed by atoms with Crippen LogP contribution < -0.4 is 4.90 Å². The molecular weight excluding hydrogens is 329 g/mol. The lowest BCUT2D eigenvalue weighted by Gasteiger charge is -2.48. The number of hydrogen-bond acceptors (Lipinski definition) is 3. The van der Waals surface area contributed by atoms with Crippen molar-refractivity contribution in [3.8, 4) is 0 Å². The molecule has 1 aromatic carbocycles. The quantitative estimate of drug-likeness (QED) is 0.845. The smallest absolute Gasteiger partial charge is 0.222 e. The van der Waals surface area contributed by atoms with E-state index in [1.54, 1.807) is 12.3 Å². The van der Waals surface area contributed by atoms with Crippen LogP contribution in [0, 0.1) is 11.2 Å². The Morgan fingerprint density at radius 3 is 2.73 bits per heavy atom. The van der Waals surface area contributed by atoms with Gasteiger partial charge in [0.05, 0.1) is 0 Å². The molecule has 26 heavy (non-hydrogen) atoms. The van der Waals surface area contributed by atoms with Crippen LogP contribution in [0.2, 0.25) is 0 Å². The maximum absolute atomic E-state index is 14.2. The minimum absolute atomic E-state index is 0.0326. The highest BCUT2D eigenvalue weighted by atomic mass is 19.1. The highest BCUT2D eigenvalue weighted by Gasteiger charge is 2.42. The summed E-state index contributed by atoms with van der Waals surface area (Å²) in [6, 6.07) is 13.2. The van der Waals surface area contributed by atoms with E-state index in [2.05, 4.69) is 22.0 Å². The molecule has 4 rings (SSSR count). The first-order chi connectivity index (χ1) is 12.7. The Morgan fingerprint density at radius 1 is 1.08 bits per heavy atom. The highest BCUT2D eigenvalue weighted by Crippen LogP contribution is 2.40. The average molecular weight is 353 g/mol. The van der Waals surface area contributed by atoms with Gasteiger partial charge >= 0.3 is 0 Å². The molecule has 1 atom stereocenters. The largest absolute Gasteiger partial charge is 0.354 e. The first-order valence-electron chi connectivity index (χ1n) is 9.32. The summed E-state index contributed by atoms with van der Waals surface area (Å²) < 4.78 is 14.2. The van der Waals surface area contributed by atoms with Crippen LogP contribution in [0.4, 0.5) is 10.2 Å². The number of rotatable bonds is 3. The van der Waals surface area contributed by atoms with Gasteiger partial charge in [-0.3, -0.25) is 4.79 Å². The Hall–Kier alpha value is -2.43. The predicted octanol–water partition coefficient (Wildman–Crippen LogP) is 3.63. The third-order valence-corrected chi connectivity index (χ3v) is 5.66. The molecule has 5 heteroatoms. The number of likely N-dealkylation sites (tertiary alicyclic amines) is 1. The average Bonchev–Trinajstić information content (AvgIpc) is 2.66. The maximum atomic E-state index is 14.2. The van der Waals surface area contributed by atoms with Crippen molar-refractivity contribution in [3.63, 3.8) is 0 Å². The fraction of sp³-hybridized carbons (Fsp3) is 0.429. The summed E-state index contributed by atoms with van der Waals surface area (Å²) in [5.74, 6) is 0.399. The topological polar surface area (TPSA) is 36.4 Å². The number of anilines is 1. The predicted molar refractivity (Wildman–Crippen MR) is 99.2 cm³/mol. The number of pyridine rings is 1. The normalized spacial score (nSPS) is 23.5. The number of hydrogen-bond donors (Lipinski definition) is 0. The first-order valence-corrected chi connectivity index (χ1v) is 9.32. The molecule has 2 aliphatic rings. The fourth-order valence-electron chi connectivity index (χ4n) is 4.38. The molecule has 1 aromatic heterocycles. The lowest BCUT2D eigenvalue weighted by atomic mass is 9.73. The Morgan fingerprint density at radius 2 is 1.92 bits per heavy atom. The van der Waals surface area contributed by atoms with Crippen molar-refractivity contribution < 1.29 is 9.18 Å². The molecule has 2 aliphatic heterocycles. The third kappa shape index (κ3) is 3.43. The number of benzene rings is 1. The molecule has 0 saturated carbocycles. The molecule has 1 amide bonds. The van der Waals surface area contributed by atoms with Gasteiger partial charge in [0, 0.05) is 44.2 Å². The second kappa shape index (κ2) is 7.06. The molecule has 0 bridgehead atoms. The monoisotopic (exact) mass is 353 g/mol. The van der Waals surface area contributed by atoms with E-state index in [1.165, 1.54) is 6.07 Å². The van der Waals surface area contributed by atoms with Crippen molar-refractivity contribution in [1.82, 2.24) is 9.88 Å². The van der Waals surface area contributed by atoms with Gasteiger partial charge in [-0.25, -0.2) is 9.37 Å². The van der Waals surface area contributed by atoms with Crippen LogP contribution >= 0.6 is 0 Å². The van der Waals surface area contributed by atoms with Crippen LogP contribution in [0.1, 0.15) is 31.2 Å². The lowest BCUT2D eigenvalue weighted by molar-refractivity contribution is -0.138. The molecule has 3 heterocycles. The van der Waals surface area contributed by atoms with Crippen LogP contribution in [0.5, 0.6) is 0 Å². The number of piperidine rings is 2. The molecule has 2 fully saturated rings. The molecule has 0 N–H and O–H groups in total. The van der Waals surface area contributed by atoms with E-state index in [4.69, 9.17) is 0 Å². The lowest BCUT2D eigenvalue weighted by Crippen LogP contribution is -2.54. The molecule has 4 nitrogen and oxygen atoms in total. The zero-order valence-corrected chi connectivity index (χ0v) is 14.9. The summed E-state index contributed by atoms with van der Waals surface area (Å²) in [6.07, 6.45) is 5.18. The van der Waals surface area contributed by atoms with E-state index in [1.807, 2.05) is 23.1 Å². The van der Waals surface area contributed by atoms with E-state index < -0.39 is 0 Å². The van der Waals surface area contributed by atoms with Crippen LogP contribution in [0.15, 0.2) is 48.7 Å². The molecule has 2 aromatic rings. The summed E-state index contributed by atoms with van der Waals surface area (Å²) in [6.45, 7) is 2.98. The van der Waals surface area contributed by atoms with Gasteiger partial charge < -0.3 is 9.80 Å². The SMILES string of the molecule is O=C1CCC2(CCCN(c3ncccc3F)C2)CN1Cc1ccccc1. The van der Waals surface area contributed by atoms with Crippen molar-refractivity contribution in [2.45, 2.75) is 32.2 Å². The van der Waals surface area contributed by atoms with E-state index in [-0.39, 0.29) is 17.1 Å². The van der Waals surface area contributed by atoms with Gasteiger partial charge in [0.2, 0.25) is 5.91 Å². The van der Waals surface area contributed by atoms with Gasteiger partial charge in [0.1, 0.15) is 0 Å². The summed E-state index contributed by atoms with van der Waals surface area (Å²) in [5, 5.41) is 0. The number of halogens is 1. The van der Waals surface area contributed by atoms with E-state index in [0.717, 1.165) is 44.5 Å². The van der Waals surface area contributed by atoms with Crippen molar-refractivity contribution in [2.75, 3.05) is 24.5 Å². The van der Waals surface area contributed by atoms with Crippen molar-refractivity contribution in [2.24, 2.45) is 5.41 Å². The van der Waals surface area contributed by atoms with Gasteiger partial charge in [-0.05, 0) is 37.0 Å². The first kappa shape index (κ1) is 17.0. The van der Waals surface area contributed by atoms with Crippen LogP contribution in [0.3, 0.4) is 0 Å². The van der Waals surface area contributed by atoms with Gasteiger partial charge in [0.25, 0.3) is 0 Å². The number of aromatic nitrogens is 1. The second-order valence-corrected chi connectivity index (χ2v) is 7.57. The van der Waals surface area contributed by atoms with Crippen molar-refractivity contribution in [1.29, 1.82) is 0 Å². The number of amides is 1. The number of carbonyl (C=O) groups excluding carboxylic acids is 1. The summed E-state index contributed by atoms with van der Waals surface area (Å²) in [4.78, 5) is 20.8. The molecular formula is C21H24FN3O. The van der Waals surface area contributed by atoms with Gasteiger partial charge in [-0.1, -0.05) is 30.3 Å². The van der Waals surface area contributed by atoms with E-state index in [0.29, 0.717) is 18.8 Å². The molecule has 0 radical (unpaired) electrons. The summed E-state index contributed by atoms with van der Waals surface area (Å²) in [5.41, 5.74) is 1.19. The molecule has 136 valence electrons. The van der Waals surface area contributed by atoms with E-state index in [9.17, 15) is 9.18 Å². The second-order valence-electron chi connectivity index (χ2n) is 7.57. The zero-order valence-electron chi connectivity index (χ0n) is 14.9. The molecule has 1 spiro atoms. The Bertz CT molecular complexity index is 782. The van der Waals surface area contributed by atoms with Gasteiger partial charge in [0.15, 0.2) is 11.6 Å². The van der Waals surface area contributed by atoms with E-state index >= 15 is 0 Å². The Labute approximate surface area is 153 Å². The van der Waals surface area contributed by atoms with Crippen LogP contribution in [-0.2, 0) is 11.3 Å².